The van der Waals surface area contributed by atoms with Gasteiger partial charge in [0.05, 0.1) is 22.8 Å². The number of rotatable bonds is 5. The van der Waals surface area contributed by atoms with Crippen LogP contribution in [0.5, 0.6) is 0 Å². The molecule has 16 heavy (non-hydrogen) atoms. The van der Waals surface area contributed by atoms with Gasteiger partial charge in [-0.2, -0.15) is 5.10 Å². The number of aryl methyl sites for hydroxylation is 2. The predicted octanol–water partition coefficient (Wildman–Crippen LogP) is 2.89. The molecule has 0 atom stereocenters. The van der Waals surface area contributed by atoms with Crippen LogP contribution in [0.3, 0.4) is 0 Å². The van der Waals surface area contributed by atoms with Crippen molar-refractivity contribution >= 4 is 17.4 Å². The van der Waals surface area contributed by atoms with Gasteiger partial charge in [0.25, 0.3) is 0 Å². The molecule has 90 valence electrons. The van der Waals surface area contributed by atoms with Crippen LogP contribution in [0, 0.1) is 5.92 Å². The highest BCUT2D eigenvalue weighted by molar-refractivity contribution is 6.32. The van der Waals surface area contributed by atoms with Gasteiger partial charge in [0.15, 0.2) is 0 Å². The molecule has 0 fully saturated rings. The smallest absolute Gasteiger partial charge is 0.141 e. The average molecular weight is 243 g/mol. The highest BCUT2D eigenvalue weighted by atomic mass is 35.5. The number of ketones is 1. The van der Waals surface area contributed by atoms with Crippen molar-refractivity contribution in [3.63, 3.8) is 0 Å². The highest BCUT2D eigenvalue weighted by Crippen LogP contribution is 2.22. The molecule has 3 nitrogen and oxygen atoms in total. The number of nitrogens with zero attached hydrogens (tertiary/aromatic N) is 2. The van der Waals surface area contributed by atoms with Gasteiger partial charge >= 0.3 is 0 Å². The van der Waals surface area contributed by atoms with Crippen LogP contribution < -0.4 is 0 Å². The minimum atomic E-state index is 0.0429. The summed E-state index contributed by atoms with van der Waals surface area (Å²) in [6, 6.07) is 0. The maximum atomic E-state index is 11.7. The van der Waals surface area contributed by atoms with Gasteiger partial charge in [-0.25, -0.2) is 0 Å². The van der Waals surface area contributed by atoms with Crippen LogP contribution in [0.25, 0.3) is 0 Å². The fourth-order valence-corrected chi connectivity index (χ4v) is 1.89. The van der Waals surface area contributed by atoms with Crippen LogP contribution >= 0.6 is 11.6 Å². The SMILES string of the molecule is CCc1nn(CC)c(CC(=O)C(C)C)c1Cl. The summed E-state index contributed by atoms with van der Waals surface area (Å²) < 4.78 is 1.83. The summed E-state index contributed by atoms with van der Waals surface area (Å²) in [5.74, 6) is 0.250. The summed E-state index contributed by atoms with van der Waals surface area (Å²) in [6.07, 6.45) is 1.19. The first kappa shape index (κ1) is 13.2. The van der Waals surface area contributed by atoms with Crippen molar-refractivity contribution in [1.29, 1.82) is 0 Å². The Morgan fingerprint density at radius 3 is 2.50 bits per heavy atom. The second-order valence-corrected chi connectivity index (χ2v) is 4.55. The second kappa shape index (κ2) is 5.48. The third-order valence-electron chi connectivity index (χ3n) is 2.68. The lowest BCUT2D eigenvalue weighted by Crippen LogP contribution is -2.14. The zero-order valence-electron chi connectivity index (χ0n) is 10.4. The Labute approximate surface area is 102 Å². The minimum Gasteiger partial charge on any atom is -0.299 e. The molecule has 0 spiro atoms. The van der Waals surface area contributed by atoms with E-state index in [1.807, 2.05) is 32.4 Å². The summed E-state index contributed by atoms with van der Waals surface area (Å²) in [7, 11) is 0. The summed E-state index contributed by atoms with van der Waals surface area (Å²) in [4.78, 5) is 11.7. The lowest BCUT2D eigenvalue weighted by atomic mass is 10.0. The first-order valence-electron chi connectivity index (χ1n) is 5.77. The largest absolute Gasteiger partial charge is 0.299 e. The van der Waals surface area contributed by atoms with E-state index in [0.717, 1.165) is 24.4 Å². The van der Waals surface area contributed by atoms with Gasteiger partial charge in [-0.1, -0.05) is 32.4 Å². The first-order chi connectivity index (χ1) is 7.51. The standard InChI is InChI=1S/C12H19ClN2O/c1-5-9-12(13)10(15(6-2)14-9)7-11(16)8(3)4/h8H,5-7H2,1-4H3. The van der Waals surface area contributed by atoms with Crippen LogP contribution in [0.2, 0.25) is 5.02 Å². The van der Waals surface area contributed by atoms with E-state index in [9.17, 15) is 4.79 Å². The molecule has 0 saturated carbocycles. The Morgan fingerprint density at radius 1 is 1.44 bits per heavy atom. The van der Waals surface area contributed by atoms with E-state index in [1.165, 1.54) is 0 Å². The molecule has 0 aromatic carbocycles. The number of aromatic nitrogens is 2. The topological polar surface area (TPSA) is 34.9 Å². The minimum absolute atomic E-state index is 0.0429. The first-order valence-corrected chi connectivity index (χ1v) is 6.15. The van der Waals surface area contributed by atoms with Crippen LogP contribution in [0.1, 0.15) is 39.1 Å². The highest BCUT2D eigenvalue weighted by Gasteiger charge is 2.18. The predicted molar refractivity (Wildman–Crippen MR) is 65.8 cm³/mol. The molecule has 0 N–H and O–H groups in total. The van der Waals surface area contributed by atoms with Crippen molar-refractivity contribution in [2.45, 2.75) is 47.1 Å². The Kier molecular flexibility index (Phi) is 4.54. The van der Waals surface area contributed by atoms with E-state index < -0.39 is 0 Å². The number of Topliss-reactive ketones (excluding diaryl/α,β-unsaturated/α-hetero) is 1. The molecule has 1 heterocycles. The molecule has 0 aliphatic carbocycles. The van der Waals surface area contributed by atoms with E-state index >= 15 is 0 Å². The van der Waals surface area contributed by atoms with Gasteiger partial charge in [-0.3, -0.25) is 9.48 Å². The Morgan fingerprint density at radius 2 is 2.06 bits per heavy atom. The molecule has 0 bridgehead atoms. The molecular weight excluding hydrogens is 224 g/mol. The third kappa shape index (κ3) is 2.64. The van der Waals surface area contributed by atoms with Crippen molar-refractivity contribution in [3.05, 3.63) is 16.4 Å². The maximum Gasteiger partial charge on any atom is 0.141 e. The fourth-order valence-electron chi connectivity index (χ4n) is 1.56. The molecule has 0 amide bonds. The lowest BCUT2D eigenvalue weighted by Gasteiger charge is -2.06. The molecule has 1 aromatic heterocycles. The summed E-state index contributed by atoms with van der Waals surface area (Å²) in [5.41, 5.74) is 1.75. The molecule has 0 unspecified atom stereocenters. The number of hydrogen-bond donors (Lipinski definition) is 0. The quantitative estimate of drug-likeness (QED) is 0.796. The summed E-state index contributed by atoms with van der Waals surface area (Å²) in [6.45, 7) is 8.59. The fraction of sp³-hybridized carbons (Fsp3) is 0.667. The van der Waals surface area contributed by atoms with Crippen molar-refractivity contribution < 1.29 is 4.79 Å². The summed E-state index contributed by atoms with van der Waals surface area (Å²) >= 11 is 6.22. The molecular formula is C12H19ClN2O. The van der Waals surface area contributed by atoms with Crippen LogP contribution in [0.15, 0.2) is 0 Å². The zero-order chi connectivity index (χ0) is 12.3. The van der Waals surface area contributed by atoms with E-state index in [4.69, 9.17) is 11.6 Å². The van der Waals surface area contributed by atoms with Crippen molar-refractivity contribution in [1.82, 2.24) is 9.78 Å². The van der Waals surface area contributed by atoms with Gasteiger partial charge < -0.3 is 0 Å². The van der Waals surface area contributed by atoms with Crippen molar-refractivity contribution in [3.8, 4) is 0 Å². The van der Waals surface area contributed by atoms with Gasteiger partial charge in [-0.15, -0.1) is 0 Å². The van der Waals surface area contributed by atoms with E-state index in [1.54, 1.807) is 0 Å². The van der Waals surface area contributed by atoms with E-state index in [-0.39, 0.29) is 11.7 Å². The van der Waals surface area contributed by atoms with Gasteiger partial charge in [-0.05, 0) is 13.3 Å². The van der Waals surface area contributed by atoms with Crippen molar-refractivity contribution in [2.24, 2.45) is 5.92 Å². The molecule has 0 aliphatic heterocycles. The molecule has 0 saturated heterocycles. The Balaban J connectivity index is 3.02. The van der Waals surface area contributed by atoms with Crippen LogP contribution in [-0.2, 0) is 24.2 Å². The monoisotopic (exact) mass is 242 g/mol. The van der Waals surface area contributed by atoms with Gasteiger partial charge in [0.1, 0.15) is 5.78 Å². The molecule has 4 heteroatoms. The second-order valence-electron chi connectivity index (χ2n) is 4.17. The molecule has 1 aromatic rings. The number of hydrogen-bond acceptors (Lipinski definition) is 2. The van der Waals surface area contributed by atoms with Crippen LogP contribution in [-0.4, -0.2) is 15.6 Å². The third-order valence-corrected chi connectivity index (χ3v) is 3.12. The summed E-state index contributed by atoms with van der Waals surface area (Å²) in [5, 5.41) is 5.06. The normalized spacial score (nSPS) is 11.1. The number of carbonyl (C=O) groups is 1. The van der Waals surface area contributed by atoms with Crippen molar-refractivity contribution in [2.75, 3.05) is 0 Å². The molecule has 0 aliphatic rings. The molecule has 0 radical (unpaired) electrons. The number of carbonyl (C=O) groups excluding carboxylic acids is 1. The Hall–Kier alpha value is -0.830. The zero-order valence-corrected chi connectivity index (χ0v) is 11.1. The lowest BCUT2D eigenvalue weighted by molar-refractivity contribution is -0.121. The van der Waals surface area contributed by atoms with E-state index in [0.29, 0.717) is 11.4 Å². The molecule has 1 rings (SSSR count). The van der Waals surface area contributed by atoms with Crippen LogP contribution in [0.4, 0.5) is 0 Å². The van der Waals surface area contributed by atoms with E-state index in [2.05, 4.69) is 5.10 Å². The maximum absolute atomic E-state index is 11.7. The van der Waals surface area contributed by atoms with Gasteiger partial charge in [0, 0.05) is 12.5 Å². The van der Waals surface area contributed by atoms with Gasteiger partial charge in [0.2, 0.25) is 0 Å². The Bertz CT molecular complexity index is 383. The number of halogens is 1. The average Bonchev–Trinajstić information content (AvgIpc) is 2.55.